The summed E-state index contributed by atoms with van der Waals surface area (Å²) in [5.74, 6) is 2.23. The maximum Gasteiger partial charge on any atom is 0.161 e. The Hall–Kier alpha value is -2.80. The van der Waals surface area contributed by atoms with E-state index in [1.54, 1.807) is 14.2 Å². The van der Waals surface area contributed by atoms with Gasteiger partial charge in [-0.2, -0.15) is 0 Å². The highest BCUT2D eigenvalue weighted by Gasteiger charge is 2.34. The van der Waals surface area contributed by atoms with Crippen molar-refractivity contribution < 1.29 is 24.1 Å². The van der Waals surface area contributed by atoms with Gasteiger partial charge in [0.2, 0.25) is 0 Å². The molecule has 0 amide bonds. The average molecular weight is 438 g/mol. The first-order chi connectivity index (χ1) is 15.7. The van der Waals surface area contributed by atoms with E-state index < -0.39 is 0 Å². The van der Waals surface area contributed by atoms with Gasteiger partial charge < -0.3 is 24.1 Å². The third-order valence-corrected chi connectivity index (χ3v) is 6.04. The molecule has 1 N–H and O–H groups in total. The number of benzene rings is 3. The first-order valence-corrected chi connectivity index (χ1v) is 11.0. The van der Waals surface area contributed by atoms with Gasteiger partial charge in [-0.25, -0.2) is 0 Å². The minimum absolute atomic E-state index is 0.0661. The van der Waals surface area contributed by atoms with Crippen molar-refractivity contribution in [2.75, 3.05) is 40.6 Å². The molecule has 1 aliphatic rings. The normalized spacial score (nSPS) is 19.1. The van der Waals surface area contributed by atoms with Crippen LogP contribution in [0.2, 0.25) is 0 Å². The van der Waals surface area contributed by atoms with Crippen LogP contribution in [0, 0.1) is 0 Å². The first kappa shape index (κ1) is 22.4. The number of aliphatic hydroxyl groups excluding tert-OH is 1. The lowest BCUT2D eigenvalue weighted by atomic mass is 9.96. The van der Waals surface area contributed by atoms with E-state index in [1.807, 2.05) is 25.1 Å². The average Bonchev–Trinajstić information content (AvgIpc) is 2.84. The number of hydrogen-bond donors (Lipinski definition) is 1. The molecule has 170 valence electrons. The number of methoxy groups -OCH3 is 2. The number of aliphatic hydroxyl groups is 1. The molecule has 0 aromatic heterocycles. The van der Waals surface area contributed by atoms with Crippen LogP contribution in [-0.2, 0) is 11.3 Å². The number of hydrogen-bond acceptors (Lipinski definition) is 6. The Morgan fingerprint density at radius 2 is 1.78 bits per heavy atom. The summed E-state index contributed by atoms with van der Waals surface area (Å²) < 4.78 is 22.9. The summed E-state index contributed by atoms with van der Waals surface area (Å²) >= 11 is 0. The van der Waals surface area contributed by atoms with Gasteiger partial charge in [-0.05, 0) is 41.5 Å². The van der Waals surface area contributed by atoms with E-state index in [-0.39, 0.29) is 18.8 Å². The molecule has 0 radical (unpaired) electrons. The lowest BCUT2D eigenvalue weighted by molar-refractivity contribution is -0.0961. The number of nitrogens with zero attached hydrogens (tertiary/aromatic N) is 1. The van der Waals surface area contributed by atoms with Gasteiger partial charge in [0.15, 0.2) is 11.5 Å². The molecule has 0 bridgehead atoms. The molecule has 1 fully saturated rings. The van der Waals surface area contributed by atoms with E-state index in [2.05, 4.69) is 41.3 Å². The fourth-order valence-corrected chi connectivity index (χ4v) is 4.55. The molecule has 1 saturated heterocycles. The fraction of sp³-hybridized carbons (Fsp3) is 0.385. The molecule has 0 aliphatic carbocycles. The quantitative estimate of drug-likeness (QED) is 0.570. The van der Waals surface area contributed by atoms with E-state index in [4.69, 9.17) is 18.9 Å². The third kappa shape index (κ3) is 4.39. The lowest BCUT2D eigenvalue weighted by Gasteiger charge is -2.41. The van der Waals surface area contributed by atoms with Gasteiger partial charge in [0, 0.05) is 18.7 Å². The van der Waals surface area contributed by atoms with Gasteiger partial charge in [-0.15, -0.1) is 0 Å². The zero-order valence-electron chi connectivity index (χ0n) is 18.9. The summed E-state index contributed by atoms with van der Waals surface area (Å²) in [7, 11) is 3.25. The Morgan fingerprint density at radius 1 is 1.00 bits per heavy atom. The summed E-state index contributed by atoms with van der Waals surface area (Å²) in [6, 6.07) is 18.3. The summed E-state index contributed by atoms with van der Waals surface area (Å²) in [6.07, 6.45) is -0.340. The molecule has 3 aromatic carbocycles. The zero-order valence-corrected chi connectivity index (χ0v) is 18.9. The molecule has 0 unspecified atom stereocenters. The molecule has 0 saturated carbocycles. The minimum Gasteiger partial charge on any atom is -0.494 e. The van der Waals surface area contributed by atoms with Crippen LogP contribution in [0.4, 0.5) is 0 Å². The van der Waals surface area contributed by atoms with E-state index in [0.29, 0.717) is 31.3 Å². The number of rotatable bonds is 8. The van der Waals surface area contributed by atoms with Crippen LogP contribution < -0.4 is 14.2 Å². The fourth-order valence-electron chi connectivity index (χ4n) is 4.55. The van der Waals surface area contributed by atoms with E-state index in [9.17, 15) is 5.11 Å². The molecule has 0 spiro atoms. The van der Waals surface area contributed by atoms with Gasteiger partial charge in [0.25, 0.3) is 0 Å². The van der Waals surface area contributed by atoms with Crippen LogP contribution >= 0.6 is 0 Å². The molecule has 32 heavy (non-hydrogen) atoms. The third-order valence-electron chi connectivity index (χ3n) is 6.04. The van der Waals surface area contributed by atoms with Gasteiger partial charge in [-0.1, -0.05) is 36.4 Å². The Bertz CT molecular complexity index is 1050. The lowest BCUT2D eigenvalue weighted by Crippen LogP contribution is -2.46. The van der Waals surface area contributed by atoms with Gasteiger partial charge in [-0.3, -0.25) is 4.90 Å². The Morgan fingerprint density at radius 3 is 2.53 bits per heavy atom. The number of ether oxygens (including phenoxy) is 4. The van der Waals surface area contributed by atoms with Gasteiger partial charge >= 0.3 is 0 Å². The second kappa shape index (κ2) is 10.2. The van der Waals surface area contributed by atoms with Crippen molar-refractivity contribution in [2.24, 2.45) is 0 Å². The Labute approximate surface area is 189 Å². The molecule has 4 rings (SSSR count). The largest absolute Gasteiger partial charge is 0.494 e. The minimum atomic E-state index is -0.340. The number of fused-ring (bicyclic) bond motifs is 1. The van der Waals surface area contributed by atoms with E-state index in [0.717, 1.165) is 23.4 Å². The van der Waals surface area contributed by atoms with Crippen molar-refractivity contribution in [1.29, 1.82) is 0 Å². The maximum atomic E-state index is 10.1. The van der Waals surface area contributed by atoms with Crippen molar-refractivity contribution in [3.63, 3.8) is 0 Å². The van der Waals surface area contributed by atoms with Crippen LogP contribution in [0.25, 0.3) is 10.8 Å². The smallest absolute Gasteiger partial charge is 0.161 e. The van der Waals surface area contributed by atoms with Crippen molar-refractivity contribution in [1.82, 2.24) is 4.90 Å². The summed E-state index contributed by atoms with van der Waals surface area (Å²) in [5, 5.41) is 12.5. The zero-order chi connectivity index (χ0) is 22.5. The van der Waals surface area contributed by atoms with E-state index >= 15 is 0 Å². The van der Waals surface area contributed by atoms with Crippen molar-refractivity contribution in [2.45, 2.75) is 25.6 Å². The molecular formula is C26H31NO5. The monoisotopic (exact) mass is 437 g/mol. The second-order valence-corrected chi connectivity index (χ2v) is 7.82. The Kier molecular flexibility index (Phi) is 7.15. The highest BCUT2D eigenvalue weighted by Crippen LogP contribution is 2.38. The van der Waals surface area contributed by atoms with Crippen molar-refractivity contribution in [3.05, 3.63) is 65.7 Å². The second-order valence-electron chi connectivity index (χ2n) is 7.82. The molecular weight excluding hydrogens is 406 g/mol. The first-order valence-electron chi connectivity index (χ1n) is 11.0. The predicted octanol–water partition coefficient (Wildman–Crippen LogP) is 4.19. The van der Waals surface area contributed by atoms with E-state index in [1.165, 1.54) is 10.8 Å². The van der Waals surface area contributed by atoms with Gasteiger partial charge in [0.05, 0.1) is 40.1 Å². The standard InChI is InChI=1S/C26H31NO5/c1-4-31-22-11-9-18-7-5-6-8-20(18)21(22)16-27-13-14-32-25(17-28)26(27)19-10-12-23(29-2)24(15-19)30-3/h5-12,15,25-26,28H,4,13-14,16-17H2,1-3H3/t25-,26-/m1/s1. The molecule has 1 heterocycles. The van der Waals surface area contributed by atoms with Crippen LogP contribution in [0.1, 0.15) is 24.1 Å². The highest BCUT2D eigenvalue weighted by atomic mass is 16.5. The maximum absolute atomic E-state index is 10.1. The summed E-state index contributed by atoms with van der Waals surface area (Å²) in [4.78, 5) is 2.36. The molecule has 1 aliphatic heterocycles. The predicted molar refractivity (Wildman–Crippen MR) is 125 cm³/mol. The molecule has 6 heteroatoms. The highest BCUT2D eigenvalue weighted by molar-refractivity contribution is 5.87. The topological polar surface area (TPSA) is 60.4 Å². The van der Waals surface area contributed by atoms with Crippen LogP contribution in [0.3, 0.4) is 0 Å². The van der Waals surface area contributed by atoms with Crippen LogP contribution in [0.15, 0.2) is 54.6 Å². The van der Waals surface area contributed by atoms with Crippen molar-refractivity contribution >= 4 is 10.8 Å². The van der Waals surface area contributed by atoms with Crippen LogP contribution in [-0.4, -0.2) is 56.7 Å². The SMILES string of the molecule is CCOc1ccc2ccccc2c1CN1CCO[C@H](CO)[C@H]1c1ccc(OC)c(OC)c1. The Balaban J connectivity index is 1.76. The molecule has 6 nitrogen and oxygen atoms in total. The van der Waals surface area contributed by atoms with Crippen molar-refractivity contribution in [3.8, 4) is 17.2 Å². The molecule has 3 aromatic rings. The van der Waals surface area contributed by atoms with Crippen LogP contribution in [0.5, 0.6) is 17.2 Å². The number of morpholine rings is 1. The molecule has 2 atom stereocenters. The summed E-state index contributed by atoms with van der Waals surface area (Å²) in [5.41, 5.74) is 2.16. The summed E-state index contributed by atoms with van der Waals surface area (Å²) in [6.45, 7) is 4.52. The van der Waals surface area contributed by atoms with Gasteiger partial charge in [0.1, 0.15) is 11.9 Å².